The summed E-state index contributed by atoms with van der Waals surface area (Å²) in [7, 11) is 1.47. The number of aryl methyl sites for hydroxylation is 1. The first-order valence-electron chi connectivity index (χ1n) is 9.08. The molecule has 0 saturated heterocycles. The summed E-state index contributed by atoms with van der Waals surface area (Å²) < 4.78 is 6.70. The number of hydrogen-bond donors (Lipinski definition) is 2. The summed E-state index contributed by atoms with van der Waals surface area (Å²) in [6.07, 6.45) is 0. The average molecular weight is 380 g/mol. The van der Waals surface area contributed by atoms with Gasteiger partial charge in [-0.1, -0.05) is 29.8 Å². The van der Waals surface area contributed by atoms with Gasteiger partial charge in [-0.3, -0.25) is 9.59 Å². The normalized spacial score (nSPS) is 12.0. The minimum atomic E-state index is -0.373. The lowest BCUT2D eigenvalue weighted by Crippen LogP contribution is -2.32. The molecular formula is C21H24N4O3. The summed E-state index contributed by atoms with van der Waals surface area (Å²) in [5.74, 6) is 0.214. The van der Waals surface area contributed by atoms with E-state index in [1.165, 1.54) is 7.11 Å². The van der Waals surface area contributed by atoms with Crippen LogP contribution in [-0.2, 0) is 20.9 Å². The summed E-state index contributed by atoms with van der Waals surface area (Å²) >= 11 is 0. The molecule has 7 nitrogen and oxygen atoms in total. The van der Waals surface area contributed by atoms with Gasteiger partial charge in [-0.2, -0.15) is 0 Å². The third-order valence-electron chi connectivity index (χ3n) is 4.36. The van der Waals surface area contributed by atoms with Gasteiger partial charge in [0, 0.05) is 12.8 Å². The number of imidazole rings is 1. The van der Waals surface area contributed by atoms with Gasteiger partial charge in [0.15, 0.2) is 0 Å². The first-order chi connectivity index (χ1) is 13.5. The molecular weight excluding hydrogens is 356 g/mol. The van der Waals surface area contributed by atoms with Crippen LogP contribution in [0.4, 0.5) is 5.69 Å². The summed E-state index contributed by atoms with van der Waals surface area (Å²) in [4.78, 5) is 29.2. The van der Waals surface area contributed by atoms with Gasteiger partial charge in [-0.15, -0.1) is 0 Å². The number of fused-ring (bicyclic) bond motifs is 1. The highest BCUT2D eigenvalue weighted by Gasteiger charge is 2.20. The Morgan fingerprint density at radius 2 is 1.82 bits per heavy atom. The Hall–Kier alpha value is -3.19. The smallest absolute Gasteiger partial charge is 0.246 e. The van der Waals surface area contributed by atoms with Crippen molar-refractivity contribution in [3.63, 3.8) is 0 Å². The van der Waals surface area contributed by atoms with Crippen molar-refractivity contribution in [3.05, 3.63) is 59.9 Å². The molecule has 0 aliphatic heterocycles. The maximum Gasteiger partial charge on any atom is 0.246 e. The lowest BCUT2D eigenvalue weighted by Gasteiger charge is -2.16. The number of hydrogen-bond acceptors (Lipinski definition) is 4. The van der Waals surface area contributed by atoms with Crippen molar-refractivity contribution in [2.75, 3.05) is 19.0 Å². The Balaban J connectivity index is 1.84. The van der Waals surface area contributed by atoms with Crippen molar-refractivity contribution in [2.24, 2.45) is 0 Å². The van der Waals surface area contributed by atoms with Crippen molar-refractivity contribution < 1.29 is 14.3 Å². The Kier molecular flexibility index (Phi) is 6.06. The molecule has 28 heavy (non-hydrogen) atoms. The van der Waals surface area contributed by atoms with Gasteiger partial charge in [0.1, 0.15) is 19.0 Å². The first kappa shape index (κ1) is 19.6. The maximum absolute atomic E-state index is 12.6. The Morgan fingerprint density at radius 1 is 1.11 bits per heavy atom. The number of aromatic nitrogens is 2. The molecule has 146 valence electrons. The van der Waals surface area contributed by atoms with Crippen LogP contribution in [0.3, 0.4) is 0 Å². The number of amides is 2. The highest BCUT2D eigenvalue weighted by Crippen LogP contribution is 2.21. The Labute approximate surface area is 163 Å². The van der Waals surface area contributed by atoms with Crippen molar-refractivity contribution in [2.45, 2.75) is 26.4 Å². The summed E-state index contributed by atoms with van der Waals surface area (Å²) in [5.41, 5.74) is 3.47. The van der Waals surface area contributed by atoms with E-state index in [-0.39, 0.29) is 31.0 Å². The second-order valence-electron chi connectivity index (χ2n) is 6.68. The molecule has 3 aromatic rings. The van der Waals surface area contributed by atoms with Crippen molar-refractivity contribution >= 4 is 28.5 Å². The van der Waals surface area contributed by atoms with E-state index in [0.29, 0.717) is 5.82 Å². The zero-order valence-corrected chi connectivity index (χ0v) is 16.2. The maximum atomic E-state index is 12.6. The lowest BCUT2D eigenvalue weighted by molar-refractivity contribution is -0.125. The van der Waals surface area contributed by atoms with Crippen LogP contribution in [-0.4, -0.2) is 35.1 Å². The van der Waals surface area contributed by atoms with Gasteiger partial charge in [0.25, 0.3) is 0 Å². The summed E-state index contributed by atoms with van der Waals surface area (Å²) in [5, 5.41) is 5.75. The molecule has 1 atom stereocenters. The highest BCUT2D eigenvalue weighted by atomic mass is 16.5. The molecule has 1 aromatic heterocycles. The molecule has 0 spiro atoms. The fourth-order valence-electron chi connectivity index (χ4n) is 3.05. The van der Waals surface area contributed by atoms with E-state index >= 15 is 0 Å². The number of anilines is 1. The number of para-hydroxylation sites is 2. The van der Waals surface area contributed by atoms with Gasteiger partial charge >= 0.3 is 0 Å². The van der Waals surface area contributed by atoms with Crippen LogP contribution in [0.15, 0.2) is 48.5 Å². The molecule has 1 unspecified atom stereocenters. The second kappa shape index (κ2) is 8.67. The first-order valence-corrected chi connectivity index (χ1v) is 9.08. The zero-order chi connectivity index (χ0) is 20.1. The van der Waals surface area contributed by atoms with Gasteiger partial charge in [-0.05, 0) is 38.1 Å². The molecule has 2 amide bonds. The minimum Gasteiger partial charge on any atom is -0.375 e. The van der Waals surface area contributed by atoms with Crippen LogP contribution in [0.5, 0.6) is 0 Å². The number of carbonyl (C=O) groups excluding carboxylic acids is 2. The van der Waals surface area contributed by atoms with Crippen molar-refractivity contribution in [3.8, 4) is 0 Å². The van der Waals surface area contributed by atoms with E-state index in [0.717, 1.165) is 22.3 Å². The van der Waals surface area contributed by atoms with Gasteiger partial charge < -0.3 is 19.9 Å². The quantitative estimate of drug-likeness (QED) is 0.660. The monoisotopic (exact) mass is 380 g/mol. The van der Waals surface area contributed by atoms with E-state index < -0.39 is 0 Å². The standard InChI is InChI=1S/C21H24N4O3/c1-14-8-10-16(11-9-14)23-19(26)12-25-18-7-5-4-6-17(18)24-21(25)15(2)22-20(27)13-28-3/h4-11,15H,12-13H2,1-3H3,(H,22,27)(H,23,26). The number of benzene rings is 2. The summed E-state index contributed by atoms with van der Waals surface area (Å²) in [6.45, 7) is 3.89. The number of nitrogens with zero attached hydrogens (tertiary/aromatic N) is 2. The number of methoxy groups -OCH3 is 1. The molecule has 2 aromatic carbocycles. The van der Waals surface area contributed by atoms with Gasteiger partial charge in [-0.25, -0.2) is 4.98 Å². The second-order valence-corrected chi connectivity index (χ2v) is 6.68. The van der Waals surface area contributed by atoms with Gasteiger partial charge in [0.05, 0.1) is 17.1 Å². The Morgan fingerprint density at radius 3 is 2.54 bits per heavy atom. The topological polar surface area (TPSA) is 85.2 Å². The Bertz CT molecular complexity index is 979. The van der Waals surface area contributed by atoms with E-state index in [1.807, 2.05) is 66.9 Å². The predicted octanol–water partition coefficient (Wildman–Crippen LogP) is 2.81. The number of ether oxygens (including phenoxy) is 1. The largest absolute Gasteiger partial charge is 0.375 e. The van der Waals surface area contributed by atoms with E-state index in [2.05, 4.69) is 15.6 Å². The van der Waals surface area contributed by atoms with Crippen LogP contribution in [0.2, 0.25) is 0 Å². The van der Waals surface area contributed by atoms with E-state index in [1.54, 1.807) is 0 Å². The van der Waals surface area contributed by atoms with Gasteiger partial charge in [0.2, 0.25) is 11.8 Å². The molecule has 7 heteroatoms. The molecule has 0 fully saturated rings. The summed E-state index contributed by atoms with van der Waals surface area (Å²) in [6, 6.07) is 14.8. The van der Waals surface area contributed by atoms with Crippen LogP contribution in [0, 0.1) is 6.92 Å². The van der Waals surface area contributed by atoms with Crippen molar-refractivity contribution in [1.29, 1.82) is 0 Å². The lowest BCUT2D eigenvalue weighted by atomic mass is 10.2. The fraction of sp³-hybridized carbons (Fsp3) is 0.286. The van der Waals surface area contributed by atoms with Crippen LogP contribution < -0.4 is 10.6 Å². The molecule has 2 N–H and O–H groups in total. The van der Waals surface area contributed by atoms with Crippen molar-refractivity contribution in [1.82, 2.24) is 14.9 Å². The van der Waals surface area contributed by atoms with E-state index in [4.69, 9.17) is 4.74 Å². The van der Waals surface area contributed by atoms with Crippen LogP contribution in [0.25, 0.3) is 11.0 Å². The highest BCUT2D eigenvalue weighted by molar-refractivity contribution is 5.91. The third kappa shape index (κ3) is 4.55. The molecule has 0 radical (unpaired) electrons. The fourth-order valence-corrected chi connectivity index (χ4v) is 3.05. The molecule has 1 heterocycles. The van der Waals surface area contributed by atoms with Crippen LogP contribution >= 0.6 is 0 Å². The third-order valence-corrected chi connectivity index (χ3v) is 4.36. The average Bonchev–Trinajstić information content (AvgIpc) is 3.02. The number of carbonyl (C=O) groups is 2. The molecule has 3 rings (SSSR count). The number of nitrogens with one attached hydrogen (secondary N) is 2. The molecule has 0 bridgehead atoms. The number of rotatable bonds is 7. The van der Waals surface area contributed by atoms with Crippen LogP contribution in [0.1, 0.15) is 24.4 Å². The minimum absolute atomic E-state index is 0.0293. The molecule has 0 aliphatic rings. The molecule has 0 aliphatic carbocycles. The SMILES string of the molecule is COCC(=O)NC(C)c1nc2ccccc2n1CC(=O)Nc1ccc(C)cc1. The predicted molar refractivity (Wildman–Crippen MR) is 108 cm³/mol. The zero-order valence-electron chi connectivity index (χ0n) is 16.2. The van der Waals surface area contributed by atoms with E-state index in [9.17, 15) is 9.59 Å². The molecule has 0 saturated carbocycles.